The average Bonchev–Trinajstić information content (AvgIpc) is 3.10. The maximum Gasteiger partial charge on any atom is 0.231 e. The summed E-state index contributed by atoms with van der Waals surface area (Å²) in [6.07, 6.45) is 0. The van der Waals surface area contributed by atoms with E-state index in [1.54, 1.807) is 6.07 Å². The number of nitrogens with zero attached hydrogens (tertiary/aromatic N) is 2. The van der Waals surface area contributed by atoms with Crippen molar-refractivity contribution in [3.8, 4) is 11.5 Å². The van der Waals surface area contributed by atoms with Crippen LogP contribution in [0.5, 0.6) is 11.5 Å². The molecule has 0 unspecified atom stereocenters. The molecule has 1 saturated heterocycles. The van der Waals surface area contributed by atoms with Crippen molar-refractivity contribution in [2.45, 2.75) is 6.54 Å². The highest BCUT2D eigenvalue weighted by atomic mass is 32.1. The van der Waals surface area contributed by atoms with Gasteiger partial charge in [-0.2, -0.15) is 0 Å². The van der Waals surface area contributed by atoms with Crippen LogP contribution in [0.25, 0.3) is 0 Å². The molecule has 0 saturated carbocycles. The van der Waals surface area contributed by atoms with Crippen molar-refractivity contribution < 1.29 is 13.9 Å². The number of rotatable bonds is 3. The van der Waals surface area contributed by atoms with Crippen molar-refractivity contribution in [1.82, 2.24) is 9.80 Å². The zero-order valence-corrected chi connectivity index (χ0v) is 15.1. The minimum Gasteiger partial charge on any atom is -0.454 e. The third-order valence-electron chi connectivity index (χ3n) is 4.58. The Balaban J connectivity index is 1.29. The molecule has 5 nitrogen and oxygen atoms in total. The molecule has 2 aliphatic rings. The molecule has 2 heterocycles. The highest BCUT2D eigenvalue weighted by Gasteiger charge is 2.20. The standard InChI is InChI=1S/C19H20FN3O2S/c20-15-2-1-3-16(11-15)21-19(26)23-8-6-22(7-9-23)12-14-4-5-17-18(10-14)25-13-24-17/h1-5,10-11H,6-9,12-13H2,(H,21,26). The number of hydrogen-bond acceptors (Lipinski definition) is 4. The molecule has 0 atom stereocenters. The molecule has 2 aromatic carbocycles. The Labute approximate surface area is 157 Å². The van der Waals surface area contributed by atoms with Crippen LogP contribution in [0.4, 0.5) is 10.1 Å². The number of ether oxygens (including phenoxy) is 2. The van der Waals surface area contributed by atoms with Crippen LogP contribution < -0.4 is 14.8 Å². The lowest BCUT2D eigenvalue weighted by Crippen LogP contribution is -2.49. The molecule has 26 heavy (non-hydrogen) atoms. The SMILES string of the molecule is Fc1cccc(NC(=S)N2CCN(Cc3ccc4c(c3)OCO4)CC2)c1. The van der Waals surface area contributed by atoms with Gasteiger partial charge in [0, 0.05) is 38.4 Å². The lowest BCUT2D eigenvalue weighted by Gasteiger charge is -2.36. The van der Waals surface area contributed by atoms with Gasteiger partial charge in [-0.05, 0) is 48.1 Å². The molecule has 4 rings (SSSR count). The van der Waals surface area contributed by atoms with Crippen molar-refractivity contribution >= 4 is 23.0 Å². The van der Waals surface area contributed by atoms with Gasteiger partial charge in [0.15, 0.2) is 16.6 Å². The number of anilines is 1. The van der Waals surface area contributed by atoms with Gasteiger partial charge < -0.3 is 19.7 Å². The van der Waals surface area contributed by atoms with Gasteiger partial charge in [0.25, 0.3) is 0 Å². The molecule has 0 bridgehead atoms. The van der Waals surface area contributed by atoms with Gasteiger partial charge in [0.2, 0.25) is 6.79 Å². The normalized spacial score (nSPS) is 16.6. The van der Waals surface area contributed by atoms with Crippen molar-refractivity contribution in [2.24, 2.45) is 0 Å². The summed E-state index contributed by atoms with van der Waals surface area (Å²) in [5, 5.41) is 3.75. The van der Waals surface area contributed by atoms with E-state index in [2.05, 4.69) is 21.2 Å². The summed E-state index contributed by atoms with van der Waals surface area (Å²) in [6, 6.07) is 12.4. The predicted octanol–water partition coefficient (Wildman–Crippen LogP) is 3.07. The van der Waals surface area contributed by atoms with Gasteiger partial charge in [0.1, 0.15) is 5.82 Å². The van der Waals surface area contributed by atoms with E-state index in [9.17, 15) is 4.39 Å². The minimum atomic E-state index is -0.272. The van der Waals surface area contributed by atoms with E-state index >= 15 is 0 Å². The quantitative estimate of drug-likeness (QED) is 0.834. The Morgan fingerprint density at radius 3 is 2.65 bits per heavy atom. The molecular weight excluding hydrogens is 353 g/mol. The first-order chi connectivity index (χ1) is 12.7. The third-order valence-corrected chi connectivity index (χ3v) is 4.94. The van der Waals surface area contributed by atoms with E-state index in [1.807, 2.05) is 18.2 Å². The van der Waals surface area contributed by atoms with E-state index in [4.69, 9.17) is 21.7 Å². The van der Waals surface area contributed by atoms with Crippen molar-refractivity contribution in [1.29, 1.82) is 0 Å². The van der Waals surface area contributed by atoms with Gasteiger partial charge in [-0.3, -0.25) is 4.90 Å². The highest BCUT2D eigenvalue weighted by Crippen LogP contribution is 2.32. The van der Waals surface area contributed by atoms with Gasteiger partial charge in [-0.25, -0.2) is 4.39 Å². The van der Waals surface area contributed by atoms with Crippen LogP contribution in [0.15, 0.2) is 42.5 Å². The van der Waals surface area contributed by atoms with Crippen molar-refractivity contribution in [3.63, 3.8) is 0 Å². The lowest BCUT2D eigenvalue weighted by atomic mass is 10.1. The summed E-state index contributed by atoms with van der Waals surface area (Å²) >= 11 is 5.47. The minimum absolute atomic E-state index is 0.272. The summed E-state index contributed by atoms with van der Waals surface area (Å²) in [6.45, 7) is 4.68. The number of benzene rings is 2. The number of piperazine rings is 1. The van der Waals surface area contributed by atoms with Crippen molar-refractivity contribution in [3.05, 3.63) is 53.8 Å². The topological polar surface area (TPSA) is 37.0 Å². The van der Waals surface area contributed by atoms with E-state index in [0.717, 1.165) is 44.2 Å². The van der Waals surface area contributed by atoms with E-state index in [0.29, 0.717) is 17.6 Å². The van der Waals surface area contributed by atoms with Crippen LogP contribution in [-0.4, -0.2) is 47.9 Å². The molecule has 0 aromatic heterocycles. The second kappa shape index (κ2) is 7.47. The van der Waals surface area contributed by atoms with Crippen molar-refractivity contribution in [2.75, 3.05) is 38.3 Å². The second-order valence-corrected chi connectivity index (χ2v) is 6.78. The Hall–Kier alpha value is -2.38. The fourth-order valence-electron chi connectivity index (χ4n) is 3.18. The van der Waals surface area contributed by atoms with Gasteiger partial charge >= 0.3 is 0 Å². The molecule has 0 amide bonds. The Kier molecular flexibility index (Phi) is 4.90. The van der Waals surface area contributed by atoms with Crippen LogP contribution in [0.2, 0.25) is 0 Å². The molecule has 0 aliphatic carbocycles. The summed E-state index contributed by atoms with van der Waals surface area (Å²) in [5.41, 5.74) is 1.89. The molecular formula is C19H20FN3O2S. The first-order valence-electron chi connectivity index (χ1n) is 8.60. The van der Waals surface area contributed by atoms with Crippen LogP contribution in [0, 0.1) is 5.82 Å². The van der Waals surface area contributed by atoms with Gasteiger partial charge in [-0.15, -0.1) is 0 Å². The Bertz CT molecular complexity index is 809. The largest absolute Gasteiger partial charge is 0.454 e. The van der Waals surface area contributed by atoms with Gasteiger partial charge in [0.05, 0.1) is 0 Å². The smallest absolute Gasteiger partial charge is 0.231 e. The third kappa shape index (κ3) is 3.89. The predicted molar refractivity (Wildman–Crippen MR) is 102 cm³/mol. The van der Waals surface area contributed by atoms with Crippen LogP contribution in [0.3, 0.4) is 0 Å². The monoisotopic (exact) mass is 373 g/mol. The number of halogens is 1. The van der Waals surface area contributed by atoms with Crippen LogP contribution in [0.1, 0.15) is 5.56 Å². The number of thiocarbonyl (C=S) groups is 1. The Morgan fingerprint density at radius 1 is 1.04 bits per heavy atom. The van der Waals surface area contributed by atoms with Crippen LogP contribution in [-0.2, 0) is 6.54 Å². The molecule has 7 heteroatoms. The first kappa shape index (κ1) is 17.1. The molecule has 1 fully saturated rings. The Morgan fingerprint density at radius 2 is 1.85 bits per heavy atom. The molecule has 136 valence electrons. The average molecular weight is 373 g/mol. The van der Waals surface area contributed by atoms with E-state index in [1.165, 1.54) is 17.7 Å². The molecule has 1 N–H and O–H groups in total. The number of hydrogen-bond donors (Lipinski definition) is 1. The summed E-state index contributed by atoms with van der Waals surface area (Å²) in [7, 11) is 0. The summed E-state index contributed by atoms with van der Waals surface area (Å²) in [5.74, 6) is 1.36. The number of nitrogens with one attached hydrogen (secondary N) is 1. The van der Waals surface area contributed by atoms with Gasteiger partial charge in [-0.1, -0.05) is 12.1 Å². The second-order valence-electron chi connectivity index (χ2n) is 6.39. The first-order valence-corrected chi connectivity index (χ1v) is 9.00. The molecule has 2 aromatic rings. The maximum absolute atomic E-state index is 13.3. The fraction of sp³-hybridized carbons (Fsp3) is 0.316. The maximum atomic E-state index is 13.3. The summed E-state index contributed by atoms with van der Waals surface area (Å²) < 4.78 is 24.1. The summed E-state index contributed by atoms with van der Waals surface area (Å²) in [4.78, 5) is 4.51. The molecule has 0 radical (unpaired) electrons. The highest BCUT2D eigenvalue weighted by molar-refractivity contribution is 7.80. The fourth-order valence-corrected chi connectivity index (χ4v) is 3.48. The molecule has 0 spiro atoms. The van der Waals surface area contributed by atoms with E-state index in [-0.39, 0.29) is 5.82 Å². The van der Waals surface area contributed by atoms with Crippen LogP contribution >= 0.6 is 12.2 Å². The lowest BCUT2D eigenvalue weighted by molar-refractivity contribution is 0.173. The number of fused-ring (bicyclic) bond motifs is 1. The zero-order valence-electron chi connectivity index (χ0n) is 14.3. The van der Waals surface area contributed by atoms with E-state index < -0.39 is 0 Å². The molecule has 2 aliphatic heterocycles. The zero-order chi connectivity index (χ0) is 17.9.